The van der Waals surface area contributed by atoms with Crippen molar-refractivity contribution in [1.29, 1.82) is 5.26 Å². The van der Waals surface area contributed by atoms with Gasteiger partial charge in [-0.1, -0.05) is 6.58 Å². The number of carbonyl (C=O) groups is 1. The van der Waals surface area contributed by atoms with Gasteiger partial charge in [0.15, 0.2) is 0 Å². The highest BCUT2D eigenvalue weighted by Gasteiger charge is 2.31. The molecule has 1 amide bonds. The number of aromatic nitrogens is 1. The second-order valence-corrected chi connectivity index (χ2v) is 6.17. The molecule has 0 bridgehead atoms. The van der Waals surface area contributed by atoms with E-state index in [2.05, 4.69) is 21.6 Å². The minimum atomic E-state index is -4.81. The van der Waals surface area contributed by atoms with Gasteiger partial charge in [-0.15, -0.1) is 13.2 Å². The summed E-state index contributed by atoms with van der Waals surface area (Å²) < 4.78 is 46.6. The number of rotatable bonds is 6. The van der Waals surface area contributed by atoms with Crippen LogP contribution in [0.25, 0.3) is 11.3 Å². The van der Waals surface area contributed by atoms with Gasteiger partial charge in [-0.3, -0.25) is 10.0 Å². The van der Waals surface area contributed by atoms with Crippen LogP contribution in [0, 0.1) is 11.3 Å². The van der Waals surface area contributed by atoms with Gasteiger partial charge >= 0.3 is 6.36 Å². The van der Waals surface area contributed by atoms with Crippen LogP contribution < -0.4 is 20.3 Å². The average Bonchev–Trinajstić information content (AvgIpc) is 3.19. The summed E-state index contributed by atoms with van der Waals surface area (Å²) in [5.41, 5.74) is 3.03. The predicted molar refractivity (Wildman–Crippen MR) is 97.8 cm³/mol. The fourth-order valence-corrected chi connectivity index (χ4v) is 2.88. The lowest BCUT2D eigenvalue weighted by Gasteiger charge is -2.15. The zero-order chi connectivity index (χ0) is 21.9. The summed E-state index contributed by atoms with van der Waals surface area (Å²) in [5, 5.41) is 21.0. The number of nitrogens with one attached hydrogen (secondary N) is 2. The molecular weight excluding hydrogens is 405 g/mol. The highest BCUT2D eigenvalue weighted by Crippen LogP contribution is 2.40. The van der Waals surface area contributed by atoms with Gasteiger partial charge in [0, 0.05) is 29.7 Å². The lowest BCUT2D eigenvalue weighted by Crippen LogP contribution is -2.24. The molecule has 3 N–H and O–H groups in total. The summed E-state index contributed by atoms with van der Waals surface area (Å²) in [6, 6.07) is 7.11. The third-order valence-corrected chi connectivity index (χ3v) is 4.21. The van der Waals surface area contributed by atoms with Crippen LogP contribution in [0.4, 0.5) is 19.0 Å². The van der Waals surface area contributed by atoms with Crippen molar-refractivity contribution in [2.75, 3.05) is 18.5 Å². The molecule has 2 heterocycles. The molecule has 1 aliphatic rings. The van der Waals surface area contributed by atoms with Gasteiger partial charge in [0.05, 0.1) is 6.61 Å². The van der Waals surface area contributed by atoms with Gasteiger partial charge in [0.2, 0.25) is 0 Å². The highest BCUT2D eigenvalue weighted by atomic mass is 19.4. The number of carbonyl (C=O) groups excluding carboxylic acids is 1. The van der Waals surface area contributed by atoms with Crippen LogP contribution in [0.2, 0.25) is 0 Å². The molecule has 1 aromatic carbocycles. The highest BCUT2D eigenvalue weighted by molar-refractivity contribution is 5.92. The number of hydroxylamine groups is 1. The van der Waals surface area contributed by atoms with E-state index < -0.39 is 12.3 Å². The molecular formula is C19H15F3N4O4. The third kappa shape index (κ3) is 4.44. The van der Waals surface area contributed by atoms with E-state index >= 15 is 0 Å². The smallest absolute Gasteiger partial charge is 0.491 e. The van der Waals surface area contributed by atoms with Crippen molar-refractivity contribution in [2.45, 2.75) is 12.8 Å². The molecule has 8 nitrogen and oxygen atoms in total. The van der Waals surface area contributed by atoms with Crippen molar-refractivity contribution in [1.82, 2.24) is 10.5 Å². The predicted octanol–water partition coefficient (Wildman–Crippen LogP) is 2.93. The summed E-state index contributed by atoms with van der Waals surface area (Å²) in [6.07, 6.45) is -4.37. The Labute approximate surface area is 168 Å². The Morgan fingerprint density at radius 2 is 2.07 bits per heavy atom. The summed E-state index contributed by atoms with van der Waals surface area (Å²) in [4.78, 5) is 15.8. The Balaban J connectivity index is 1.97. The van der Waals surface area contributed by atoms with Crippen LogP contribution in [0.3, 0.4) is 0 Å². The topological polar surface area (TPSA) is 117 Å². The van der Waals surface area contributed by atoms with E-state index in [0.29, 0.717) is 35.6 Å². The number of halogens is 3. The Kier molecular flexibility index (Phi) is 5.79. The maximum absolute atomic E-state index is 12.4. The van der Waals surface area contributed by atoms with E-state index in [1.807, 2.05) is 6.07 Å². The minimum absolute atomic E-state index is 0.00450. The van der Waals surface area contributed by atoms with Crippen molar-refractivity contribution in [3.8, 4) is 28.8 Å². The molecule has 0 radical (unpaired) electrons. The van der Waals surface area contributed by atoms with E-state index in [9.17, 15) is 23.2 Å². The normalized spacial score (nSPS) is 12.4. The number of nitriles is 1. The van der Waals surface area contributed by atoms with Crippen molar-refractivity contribution < 1.29 is 32.6 Å². The molecule has 1 aliphatic heterocycles. The first-order chi connectivity index (χ1) is 14.2. The van der Waals surface area contributed by atoms with E-state index in [1.165, 1.54) is 17.6 Å². The summed E-state index contributed by atoms with van der Waals surface area (Å²) in [6.45, 7) is 3.72. The zero-order valence-electron chi connectivity index (χ0n) is 15.3. The molecule has 0 atom stereocenters. The lowest BCUT2D eigenvalue weighted by molar-refractivity contribution is -0.274. The van der Waals surface area contributed by atoms with Crippen molar-refractivity contribution in [3.63, 3.8) is 0 Å². The molecule has 3 rings (SSSR count). The van der Waals surface area contributed by atoms with Gasteiger partial charge in [0.1, 0.15) is 34.6 Å². The van der Waals surface area contributed by atoms with E-state index in [0.717, 1.165) is 12.1 Å². The van der Waals surface area contributed by atoms with Crippen LogP contribution in [0.5, 0.6) is 11.5 Å². The number of alkyl halides is 3. The maximum atomic E-state index is 12.4. The molecule has 0 aliphatic carbocycles. The standard InChI is InChI=1S/C19H15F3N4O4/c1-10(18(27)26-28)9-24-17-14(8-23)13-6-7-29-16(13)15(25-17)11-2-4-12(5-3-11)30-19(20,21)22/h2-5,28H,1,6-7,9H2,(H,24,25)(H,26,27). The van der Waals surface area contributed by atoms with E-state index in [1.54, 1.807) is 0 Å². The quantitative estimate of drug-likeness (QED) is 0.374. The monoisotopic (exact) mass is 420 g/mol. The van der Waals surface area contributed by atoms with E-state index in [4.69, 9.17) is 9.94 Å². The first kappa shape index (κ1) is 20.9. The molecule has 0 saturated carbocycles. The summed E-state index contributed by atoms with van der Waals surface area (Å²) in [7, 11) is 0. The number of nitrogens with zero attached hydrogens (tertiary/aromatic N) is 2. The van der Waals surface area contributed by atoms with Crippen LogP contribution in [-0.2, 0) is 11.2 Å². The fourth-order valence-electron chi connectivity index (χ4n) is 2.88. The molecule has 1 aromatic heterocycles. The second-order valence-electron chi connectivity index (χ2n) is 6.17. The molecule has 156 valence electrons. The lowest BCUT2D eigenvalue weighted by atomic mass is 10.0. The molecule has 0 spiro atoms. The summed E-state index contributed by atoms with van der Waals surface area (Å²) >= 11 is 0. The number of hydrogen-bond acceptors (Lipinski definition) is 7. The summed E-state index contributed by atoms with van der Waals surface area (Å²) in [5.74, 6) is -0.666. The third-order valence-electron chi connectivity index (χ3n) is 4.21. The van der Waals surface area contributed by atoms with Gasteiger partial charge in [-0.05, 0) is 24.3 Å². The Bertz CT molecular complexity index is 1030. The Morgan fingerprint density at radius 1 is 1.37 bits per heavy atom. The molecule has 30 heavy (non-hydrogen) atoms. The van der Waals surface area contributed by atoms with E-state index in [-0.39, 0.29) is 29.2 Å². The first-order valence-electron chi connectivity index (χ1n) is 8.55. The minimum Gasteiger partial charge on any atom is -0.491 e. The number of hydrogen-bond donors (Lipinski definition) is 3. The van der Waals surface area contributed by atoms with Crippen LogP contribution >= 0.6 is 0 Å². The SMILES string of the molecule is C=C(CNc1nc(-c2ccc(OC(F)(F)F)cc2)c2c(c1C#N)CCO2)C(=O)NO. The van der Waals surface area contributed by atoms with Crippen molar-refractivity contribution >= 4 is 11.7 Å². The molecule has 11 heteroatoms. The number of pyridine rings is 1. The molecule has 0 unspecified atom stereocenters. The van der Waals surface area contributed by atoms with Gasteiger partial charge in [-0.2, -0.15) is 5.26 Å². The van der Waals surface area contributed by atoms with Gasteiger partial charge < -0.3 is 14.8 Å². The second kappa shape index (κ2) is 8.30. The van der Waals surface area contributed by atoms with Crippen LogP contribution in [0.1, 0.15) is 11.1 Å². The fraction of sp³-hybridized carbons (Fsp3) is 0.211. The number of benzene rings is 1. The average molecular weight is 420 g/mol. The Hall–Kier alpha value is -3.78. The number of fused-ring (bicyclic) bond motifs is 1. The van der Waals surface area contributed by atoms with Crippen LogP contribution in [0.15, 0.2) is 36.4 Å². The van der Waals surface area contributed by atoms with Gasteiger partial charge in [0.25, 0.3) is 5.91 Å². The molecule has 0 fully saturated rings. The van der Waals surface area contributed by atoms with Crippen molar-refractivity contribution in [2.24, 2.45) is 0 Å². The molecule has 2 aromatic rings. The number of amides is 1. The maximum Gasteiger partial charge on any atom is 0.573 e. The van der Waals surface area contributed by atoms with Crippen molar-refractivity contribution in [3.05, 3.63) is 47.5 Å². The Morgan fingerprint density at radius 3 is 2.67 bits per heavy atom. The van der Waals surface area contributed by atoms with Gasteiger partial charge in [-0.25, -0.2) is 10.5 Å². The zero-order valence-corrected chi connectivity index (χ0v) is 15.3. The molecule has 0 saturated heterocycles. The number of anilines is 1. The largest absolute Gasteiger partial charge is 0.573 e. The number of ether oxygens (including phenoxy) is 2. The van der Waals surface area contributed by atoms with Crippen LogP contribution in [-0.4, -0.2) is 35.6 Å². The first-order valence-corrected chi connectivity index (χ1v) is 8.55.